The summed E-state index contributed by atoms with van der Waals surface area (Å²) in [6, 6.07) is 1.74. The molecule has 0 unspecified atom stereocenters. The van der Waals surface area contributed by atoms with Gasteiger partial charge in [0.1, 0.15) is 6.26 Å². The lowest BCUT2D eigenvalue weighted by atomic mass is 10.4. The van der Waals surface area contributed by atoms with Crippen LogP contribution in [0.5, 0.6) is 0 Å². The summed E-state index contributed by atoms with van der Waals surface area (Å²) in [5.41, 5.74) is 0.792. The zero-order chi connectivity index (χ0) is 5.11. The van der Waals surface area contributed by atoms with E-state index in [9.17, 15) is 0 Å². The van der Waals surface area contributed by atoms with Gasteiger partial charge < -0.3 is 4.42 Å². The first kappa shape index (κ1) is 4.01. The molecule has 0 fully saturated rings. The maximum atomic E-state index is 4.98. The van der Waals surface area contributed by atoms with Crippen molar-refractivity contribution in [3.05, 3.63) is 24.2 Å². The van der Waals surface area contributed by atoms with Gasteiger partial charge in [-0.25, -0.2) is 0 Å². The van der Waals surface area contributed by atoms with E-state index >= 15 is 0 Å². The van der Waals surface area contributed by atoms with Crippen molar-refractivity contribution in [1.29, 1.82) is 0 Å². The number of rotatable bonds is 0. The molecule has 1 heterocycles. The molecule has 34 valence electrons. The van der Waals surface area contributed by atoms with Crippen molar-refractivity contribution in [3.8, 4) is 12.3 Å². The highest BCUT2D eigenvalue weighted by Gasteiger charge is 1.80. The van der Waals surface area contributed by atoms with E-state index in [0.29, 0.717) is 0 Å². The Morgan fingerprint density at radius 2 is 2.57 bits per heavy atom. The minimum Gasteiger partial charge on any atom is -0.471 e. The van der Waals surface area contributed by atoms with Crippen molar-refractivity contribution in [2.75, 3.05) is 0 Å². The molecule has 0 saturated carbocycles. The molecular weight excluding hydrogens is 88.1 g/mol. The topological polar surface area (TPSA) is 13.1 Å². The molecule has 1 heteroatoms. The van der Waals surface area contributed by atoms with Crippen molar-refractivity contribution in [2.24, 2.45) is 0 Å². The fraction of sp³-hybridized carbons (Fsp3) is 0. The first-order valence-electron chi connectivity index (χ1n) is 1.92. The summed E-state index contributed by atoms with van der Waals surface area (Å²) in [6.07, 6.45) is 8.06. The molecule has 1 nitrogen and oxygen atoms in total. The molecule has 7 heavy (non-hydrogen) atoms. The second-order valence-electron chi connectivity index (χ2n) is 1.16. The Morgan fingerprint density at radius 1 is 1.71 bits per heavy atom. The second kappa shape index (κ2) is 1.53. The van der Waals surface area contributed by atoms with Crippen LogP contribution in [0.25, 0.3) is 0 Å². The minimum absolute atomic E-state index is 0.792. The summed E-state index contributed by atoms with van der Waals surface area (Å²) < 4.78 is 4.66. The van der Waals surface area contributed by atoms with Crippen LogP contribution in [0.1, 0.15) is 5.56 Å². The molecule has 0 aliphatic carbocycles. The van der Waals surface area contributed by atoms with Gasteiger partial charge in [-0.2, -0.15) is 0 Å². The molecule has 0 radical (unpaired) electrons. The van der Waals surface area contributed by atoms with Crippen LogP contribution in [-0.2, 0) is 0 Å². The number of terminal acetylenes is 1. The first-order valence-corrected chi connectivity index (χ1v) is 1.92. The normalized spacial score (nSPS) is 7.86. The van der Waals surface area contributed by atoms with Gasteiger partial charge in [-0.15, -0.1) is 6.42 Å². The van der Waals surface area contributed by atoms with Crippen LogP contribution >= 0.6 is 0 Å². The average molecular weight is 92.1 g/mol. The van der Waals surface area contributed by atoms with Gasteiger partial charge >= 0.3 is 0 Å². The summed E-state index contributed by atoms with van der Waals surface area (Å²) in [5, 5.41) is 0. The summed E-state index contributed by atoms with van der Waals surface area (Å²) in [7, 11) is 0. The van der Waals surface area contributed by atoms with E-state index in [1.807, 2.05) is 0 Å². The lowest BCUT2D eigenvalue weighted by Gasteiger charge is -1.64. The van der Waals surface area contributed by atoms with Gasteiger partial charge in [0.05, 0.1) is 11.8 Å². The van der Waals surface area contributed by atoms with Gasteiger partial charge in [-0.3, -0.25) is 0 Å². The predicted octanol–water partition coefficient (Wildman–Crippen LogP) is 1.26. The van der Waals surface area contributed by atoms with Gasteiger partial charge in [0.15, 0.2) is 0 Å². The Morgan fingerprint density at radius 3 is 2.86 bits per heavy atom. The zero-order valence-corrected chi connectivity index (χ0v) is 3.72. The molecule has 0 aliphatic heterocycles. The Balaban J connectivity index is 3.04. The molecule has 1 aromatic heterocycles. The molecule has 0 aromatic carbocycles. The number of hydrogen-bond donors (Lipinski definition) is 0. The molecule has 0 bridgehead atoms. The van der Waals surface area contributed by atoms with Crippen LogP contribution in [0.4, 0.5) is 0 Å². The second-order valence-corrected chi connectivity index (χ2v) is 1.16. The van der Waals surface area contributed by atoms with Crippen LogP contribution in [0, 0.1) is 12.3 Å². The molecule has 0 saturated heterocycles. The summed E-state index contributed by atoms with van der Waals surface area (Å²) >= 11 is 0. The van der Waals surface area contributed by atoms with E-state index in [1.165, 1.54) is 6.26 Å². The number of hydrogen-bond acceptors (Lipinski definition) is 1. The molecule has 0 N–H and O–H groups in total. The summed E-state index contributed by atoms with van der Waals surface area (Å²) in [4.78, 5) is 0. The first-order chi connectivity index (χ1) is 3.43. The van der Waals surface area contributed by atoms with E-state index in [-0.39, 0.29) is 0 Å². The third-order valence-corrected chi connectivity index (χ3v) is 0.688. The van der Waals surface area contributed by atoms with Gasteiger partial charge in [0.25, 0.3) is 0 Å². The van der Waals surface area contributed by atoms with Crippen molar-refractivity contribution in [3.63, 3.8) is 0 Å². The maximum Gasteiger partial charge on any atom is 0.106 e. The van der Waals surface area contributed by atoms with Gasteiger partial charge in [-0.1, -0.05) is 5.92 Å². The standard InChI is InChI=1S/C6H4O/c1-2-6-3-4-7-5-6/h1,3-5H. The summed E-state index contributed by atoms with van der Waals surface area (Å²) in [5.74, 6) is 2.41. The smallest absolute Gasteiger partial charge is 0.106 e. The fourth-order valence-electron chi connectivity index (χ4n) is 0.347. The molecule has 1 rings (SSSR count). The highest BCUT2D eigenvalue weighted by atomic mass is 16.3. The molecule has 0 atom stereocenters. The van der Waals surface area contributed by atoms with Crippen molar-refractivity contribution >= 4 is 0 Å². The van der Waals surface area contributed by atoms with Crippen molar-refractivity contribution in [2.45, 2.75) is 0 Å². The molecule has 0 spiro atoms. The van der Waals surface area contributed by atoms with E-state index in [4.69, 9.17) is 6.42 Å². The summed E-state index contributed by atoms with van der Waals surface area (Å²) in [6.45, 7) is 0. The molecule has 0 aliphatic rings. The van der Waals surface area contributed by atoms with E-state index in [2.05, 4.69) is 10.3 Å². The lowest BCUT2D eigenvalue weighted by Crippen LogP contribution is -1.54. The Bertz CT molecular complexity index is 167. The zero-order valence-electron chi connectivity index (χ0n) is 3.72. The van der Waals surface area contributed by atoms with Crippen molar-refractivity contribution in [1.82, 2.24) is 0 Å². The van der Waals surface area contributed by atoms with E-state index < -0.39 is 0 Å². The molecule has 1 aromatic rings. The molecule has 0 amide bonds. The highest BCUT2D eigenvalue weighted by Crippen LogP contribution is 1.94. The van der Waals surface area contributed by atoms with Gasteiger partial charge in [0.2, 0.25) is 0 Å². The SMILES string of the molecule is C#Cc1ccoc1. The fourth-order valence-corrected chi connectivity index (χ4v) is 0.347. The predicted molar refractivity (Wildman–Crippen MR) is 26.6 cm³/mol. The Labute approximate surface area is 42.0 Å². The van der Waals surface area contributed by atoms with E-state index in [1.54, 1.807) is 12.3 Å². The Hall–Kier alpha value is -1.16. The van der Waals surface area contributed by atoms with Crippen LogP contribution in [0.3, 0.4) is 0 Å². The van der Waals surface area contributed by atoms with Crippen LogP contribution in [0.15, 0.2) is 23.0 Å². The lowest BCUT2D eigenvalue weighted by molar-refractivity contribution is 0.566. The molecular formula is C6H4O. The number of furan rings is 1. The third kappa shape index (κ3) is 0.635. The van der Waals surface area contributed by atoms with Gasteiger partial charge in [-0.05, 0) is 6.07 Å². The van der Waals surface area contributed by atoms with Crippen LogP contribution < -0.4 is 0 Å². The third-order valence-electron chi connectivity index (χ3n) is 0.688. The van der Waals surface area contributed by atoms with E-state index in [0.717, 1.165) is 5.56 Å². The Kier molecular flexibility index (Phi) is 0.874. The van der Waals surface area contributed by atoms with Gasteiger partial charge in [0, 0.05) is 0 Å². The van der Waals surface area contributed by atoms with Crippen molar-refractivity contribution < 1.29 is 4.42 Å². The quantitative estimate of drug-likeness (QED) is 0.439. The van der Waals surface area contributed by atoms with Crippen LogP contribution in [-0.4, -0.2) is 0 Å². The average Bonchev–Trinajstić information content (AvgIpc) is 2.14. The largest absolute Gasteiger partial charge is 0.471 e. The monoisotopic (exact) mass is 92.0 g/mol. The highest BCUT2D eigenvalue weighted by molar-refractivity contribution is 5.26. The van der Waals surface area contributed by atoms with Crippen LogP contribution in [0.2, 0.25) is 0 Å². The minimum atomic E-state index is 0.792. The maximum absolute atomic E-state index is 4.98.